The molecule has 5 heterocycles. The summed E-state index contributed by atoms with van der Waals surface area (Å²) in [7, 11) is 5.04. The number of imide groups is 2. The quantitative estimate of drug-likeness (QED) is 0.367. The van der Waals surface area contributed by atoms with Gasteiger partial charge in [0.05, 0.1) is 5.56 Å². The summed E-state index contributed by atoms with van der Waals surface area (Å²) in [5.74, 6) is -3.73. The minimum Gasteiger partial charge on any atom is -0.494 e. The lowest BCUT2D eigenvalue weighted by Gasteiger charge is -2.42. The zero-order chi connectivity index (χ0) is 26.1. The summed E-state index contributed by atoms with van der Waals surface area (Å²) >= 11 is 0. The van der Waals surface area contributed by atoms with Crippen LogP contribution in [0.1, 0.15) is 28.9 Å². The number of carbonyl (C=O) groups excluding carboxylic acids is 3. The molecular weight excluding hydrogens is 468 g/mol. The van der Waals surface area contributed by atoms with Gasteiger partial charge in [0, 0.05) is 46.5 Å². The molecule has 2 aliphatic rings. The van der Waals surface area contributed by atoms with E-state index in [0.29, 0.717) is 11.4 Å². The molecule has 3 aromatic rings. The number of fused-ring (bicyclic) bond motifs is 1. The van der Waals surface area contributed by atoms with E-state index in [1.807, 2.05) is 0 Å². The maximum absolute atomic E-state index is 14.2. The van der Waals surface area contributed by atoms with Crippen LogP contribution in [0.5, 0.6) is 5.88 Å². The Kier molecular flexibility index (Phi) is 4.95. The van der Waals surface area contributed by atoms with Crippen molar-refractivity contribution in [3.8, 4) is 5.88 Å². The van der Waals surface area contributed by atoms with Crippen LogP contribution in [0.3, 0.4) is 0 Å². The second kappa shape index (κ2) is 7.70. The van der Waals surface area contributed by atoms with E-state index in [-0.39, 0.29) is 5.56 Å². The van der Waals surface area contributed by atoms with Gasteiger partial charge in [-0.2, -0.15) is 4.57 Å². The normalized spacial score (nSPS) is 20.8. The molecule has 4 amide bonds. The number of aromatic nitrogens is 4. The fourth-order valence-corrected chi connectivity index (χ4v) is 5.49. The van der Waals surface area contributed by atoms with Crippen LogP contribution in [0.15, 0.2) is 58.4 Å². The highest BCUT2D eigenvalue weighted by atomic mass is 16.3. The molecule has 36 heavy (non-hydrogen) atoms. The number of nitrogens with zero attached hydrogens (tertiary/aromatic N) is 6. The number of hydrogen-bond donors (Lipinski definition) is 1. The molecule has 184 valence electrons. The molecule has 12 heteroatoms. The van der Waals surface area contributed by atoms with Gasteiger partial charge >= 0.3 is 11.7 Å². The molecule has 3 aromatic heterocycles. The SMILES string of the molecule is CN1C(=O)N(C)C(=O)C2(C1=O)C(c1c(O)n(C)c(=O)n(C)c1=O)c1cccc[n+]1C2c1ccccn1. The predicted molar refractivity (Wildman–Crippen MR) is 123 cm³/mol. The molecule has 1 N–H and O–H groups in total. The third kappa shape index (κ3) is 2.66. The fraction of sp³-hybridized carbons (Fsp3) is 0.292. The van der Waals surface area contributed by atoms with Crippen LogP contribution >= 0.6 is 0 Å². The molecule has 0 radical (unpaired) electrons. The zero-order valence-electron chi connectivity index (χ0n) is 19.9. The molecule has 0 bridgehead atoms. The molecule has 1 fully saturated rings. The van der Waals surface area contributed by atoms with Crippen LogP contribution in [-0.2, 0) is 23.7 Å². The van der Waals surface area contributed by atoms with Crippen LogP contribution < -0.4 is 15.8 Å². The molecule has 0 saturated carbocycles. The van der Waals surface area contributed by atoms with Crippen molar-refractivity contribution in [2.75, 3.05) is 14.1 Å². The lowest BCUT2D eigenvalue weighted by atomic mass is 9.65. The number of barbiturate groups is 1. The zero-order valence-corrected chi connectivity index (χ0v) is 19.9. The molecule has 5 rings (SSSR count). The van der Waals surface area contributed by atoms with E-state index in [0.717, 1.165) is 18.9 Å². The van der Waals surface area contributed by atoms with E-state index >= 15 is 0 Å². The van der Waals surface area contributed by atoms with Crippen molar-refractivity contribution >= 4 is 17.8 Å². The lowest BCUT2D eigenvalue weighted by Crippen LogP contribution is -2.67. The summed E-state index contributed by atoms with van der Waals surface area (Å²) in [4.78, 5) is 73.2. The van der Waals surface area contributed by atoms with E-state index in [4.69, 9.17) is 0 Å². The number of amides is 4. The van der Waals surface area contributed by atoms with E-state index in [2.05, 4.69) is 4.98 Å². The summed E-state index contributed by atoms with van der Waals surface area (Å²) in [6.45, 7) is 0. The molecule has 0 aromatic carbocycles. The van der Waals surface area contributed by atoms with Gasteiger partial charge in [0.2, 0.25) is 17.3 Å². The van der Waals surface area contributed by atoms with E-state index < -0.39 is 52.3 Å². The Morgan fingerprint density at radius 1 is 0.889 bits per heavy atom. The summed E-state index contributed by atoms with van der Waals surface area (Å²) in [6, 6.07) is 8.14. The van der Waals surface area contributed by atoms with Gasteiger partial charge in [0.25, 0.3) is 17.4 Å². The highest BCUT2D eigenvalue weighted by Gasteiger charge is 2.75. The summed E-state index contributed by atoms with van der Waals surface area (Å²) in [6.07, 6.45) is 3.16. The third-order valence-electron chi connectivity index (χ3n) is 7.20. The van der Waals surface area contributed by atoms with Gasteiger partial charge in [-0.25, -0.2) is 9.59 Å². The topological polar surface area (TPSA) is 139 Å². The number of pyridine rings is 2. The second-order valence-electron chi connectivity index (χ2n) is 8.95. The van der Waals surface area contributed by atoms with Crippen molar-refractivity contribution in [3.63, 3.8) is 0 Å². The highest BCUT2D eigenvalue weighted by Crippen LogP contribution is 2.56. The van der Waals surface area contributed by atoms with Gasteiger partial charge in [0.15, 0.2) is 11.9 Å². The minimum absolute atomic E-state index is 0.309. The predicted octanol–water partition coefficient (Wildman–Crippen LogP) is -0.756. The highest BCUT2D eigenvalue weighted by molar-refractivity contribution is 6.20. The Balaban J connectivity index is 1.99. The van der Waals surface area contributed by atoms with E-state index in [9.17, 15) is 29.1 Å². The van der Waals surface area contributed by atoms with Crippen molar-refractivity contribution in [2.45, 2.75) is 12.0 Å². The van der Waals surface area contributed by atoms with Gasteiger partial charge in [-0.1, -0.05) is 12.1 Å². The average molecular weight is 491 g/mol. The van der Waals surface area contributed by atoms with Crippen molar-refractivity contribution < 1.29 is 24.1 Å². The Morgan fingerprint density at radius 3 is 2.14 bits per heavy atom. The Bertz CT molecular complexity index is 1550. The van der Waals surface area contributed by atoms with E-state index in [1.165, 1.54) is 34.4 Å². The van der Waals surface area contributed by atoms with Crippen molar-refractivity contribution in [1.82, 2.24) is 23.9 Å². The number of rotatable bonds is 2. The van der Waals surface area contributed by atoms with Crippen LogP contribution in [0.25, 0.3) is 0 Å². The smallest absolute Gasteiger partial charge is 0.333 e. The molecule has 1 spiro atoms. The van der Waals surface area contributed by atoms with Crippen molar-refractivity contribution in [1.29, 1.82) is 0 Å². The minimum atomic E-state index is -2.11. The molecule has 2 aliphatic heterocycles. The first-order chi connectivity index (χ1) is 17.1. The Hall–Kier alpha value is -4.61. The standard InChI is InChI=1S/C24H22N6O6/c1-26-18(31)15(19(32)27(2)22(26)35)16-14-10-6-8-12-30(14)17(13-9-5-7-11-25-13)24(16)20(33)28(3)23(36)29(4)21(24)34/h5-12,16-17H,1-4H3/p+1. The molecule has 2 unspecified atom stereocenters. The molecule has 2 atom stereocenters. The summed E-state index contributed by atoms with van der Waals surface area (Å²) < 4.78 is 3.34. The first-order valence-electron chi connectivity index (χ1n) is 11.1. The number of carbonyl (C=O) groups is 3. The fourth-order valence-electron chi connectivity index (χ4n) is 5.49. The molecular formula is C24H23N6O6+. The van der Waals surface area contributed by atoms with Crippen LogP contribution in [0.2, 0.25) is 0 Å². The van der Waals surface area contributed by atoms with Gasteiger partial charge in [-0.3, -0.25) is 38.3 Å². The Morgan fingerprint density at radius 2 is 1.53 bits per heavy atom. The summed E-state index contributed by atoms with van der Waals surface area (Å²) in [5.41, 5.74) is -3.35. The maximum atomic E-state index is 14.2. The number of urea groups is 1. The van der Waals surface area contributed by atoms with Crippen molar-refractivity contribution in [2.24, 2.45) is 19.5 Å². The van der Waals surface area contributed by atoms with Crippen molar-refractivity contribution in [3.05, 3.63) is 86.6 Å². The molecule has 0 aliphatic carbocycles. The van der Waals surface area contributed by atoms with Gasteiger partial charge in [0.1, 0.15) is 11.6 Å². The van der Waals surface area contributed by atoms with Gasteiger partial charge in [-0.05, 0) is 12.1 Å². The number of aromatic hydroxyl groups is 1. The maximum Gasteiger partial charge on any atom is 0.333 e. The van der Waals surface area contributed by atoms with Gasteiger partial charge < -0.3 is 5.11 Å². The van der Waals surface area contributed by atoms with Gasteiger partial charge in [-0.15, -0.1) is 0 Å². The van der Waals surface area contributed by atoms with Crippen LogP contribution in [0, 0.1) is 5.41 Å². The van der Waals surface area contributed by atoms with E-state index in [1.54, 1.807) is 47.2 Å². The first-order valence-corrected chi connectivity index (χ1v) is 11.1. The average Bonchev–Trinajstić information content (AvgIpc) is 3.20. The Labute approximate surface area is 204 Å². The monoisotopic (exact) mass is 491 g/mol. The third-order valence-corrected chi connectivity index (χ3v) is 7.20. The summed E-state index contributed by atoms with van der Waals surface area (Å²) in [5, 5.41) is 11.1. The molecule has 1 saturated heterocycles. The lowest BCUT2D eigenvalue weighted by molar-refractivity contribution is -0.713. The first kappa shape index (κ1) is 23.1. The van der Waals surface area contributed by atoms with Crippen LogP contribution in [-0.4, -0.2) is 61.0 Å². The molecule has 12 nitrogen and oxygen atoms in total. The second-order valence-corrected chi connectivity index (χ2v) is 8.95. The van der Waals surface area contributed by atoms with Crippen LogP contribution in [0.4, 0.5) is 4.79 Å². The number of hydrogen-bond acceptors (Lipinski definition) is 7. The largest absolute Gasteiger partial charge is 0.494 e.